The number of H-pyrrole nitrogens is 1. The highest BCUT2D eigenvalue weighted by molar-refractivity contribution is 7.16. The Bertz CT molecular complexity index is 1560. The molecule has 3 unspecified atom stereocenters. The highest BCUT2D eigenvalue weighted by Crippen LogP contribution is 2.36. The highest BCUT2D eigenvalue weighted by Gasteiger charge is 2.29. The summed E-state index contributed by atoms with van der Waals surface area (Å²) in [7, 11) is 0. The number of pyridine rings is 1. The average molecular weight is 664 g/mol. The number of nitriles is 1. The van der Waals surface area contributed by atoms with Crippen LogP contribution in [0.15, 0.2) is 4.79 Å². The predicted molar refractivity (Wildman–Crippen MR) is 198 cm³/mol. The molecule has 8 heteroatoms. The number of anilines is 1. The van der Waals surface area contributed by atoms with Gasteiger partial charge in [0, 0.05) is 23.6 Å². The maximum absolute atomic E-state index is 13.5. The minimum absolute atomic E-state index is 0.153. The lowest BCUT2D eigenvalue weighted by molar-refractivity contribution is -0.363. The van der Waals surface area contributed by atoms with Crippen molar-refractivity contribution in [2.45, 2.75) is 158 Å². The van der Waals surface area contributed by atoms with Gasteiger partial charge in [0.25, 0.3) is 11.5 Å². The van der Waals surface area contributed by atoms with E-state index in [2.05, 4.69) is 84.3 Å². The first-order valence-corrected chi connectivity index (χ1v) is 19.5. The fraction of sp³-hybridized carbons (Fsp3) is 0.718. The predicted octanol–water partition coefficient (Wildman–Crippen LogP) is 8.91. The van der Waals surface area contributed by atoms with Gasteiger partial charge in [-0.3, -0.25) is 0 Å². The van der Waals surface area contributed by atoms with Gasteiger partial charge < -0.3 is 4.90 Å². The zero-order valence-electron chi connectivity index (χ0n) is 31.3. The SMILES string of the molecule is CCCCC(CC)CN(CC(CC)CCCC)c1nc(C(C)(C)C)c(/C=c2\c(C)c(C#N)c(=O)n3nc(C(CC)CCCC)[nH+]c23)s1. The standard InChI is InChI=1S/C39H62N6OS/c1-11-17-20-28(14-4)25-44(26-29(15-5)21-18-12-2)38-41-34(39(8,9)10)33(47-38)23-31-27(7)32(24-40)37(46)45-36(31)42-35(43-45)30(16-6)22-19-13-3/h23,28-30H,11-22,25-26H2,1-10H3/p+1/b31-23+. The third-order valence-electron chi connectivity index (χ3n) is 9.95. The lowest BCUT2D eigenvalue weighted by Gasteiger charge is -2.30. The summed E-state index contributed by atoms with van der Waals surface area (Å²) < 4.78 is 1.44. The van der Waals surface area contributed by atoms with Crippen LogP contribution >= 0.6 is 11.3 Å². The number of aromatic amines is 1. The minimum atomic E-state index is -0.354. The molecule has 0 aliphatic heterocycles. The molecule has 47 heavy (non-hydrogen) atoms. The van der Waals surface area contributed by atoms with Crippen LogP contribution in [0.2, 0.25) is 0 Å². The van der Waals surface area contributed by atoms with E-state index in [0.29, 0.717) is 23.0 Å². The zero-order valence-corrected chi connectivity index (χ0v) is 32.1. The molecule has 0 saturated heterocycles. The molecule has 3 atom stereocenters. The van der Waals surface area contributed by atoms with Gasteiger partial charge in [0.15, 0.2) is 5.13 Å². The Morgan fingerprint density at radius 2 is 1.51 bits per heavy atom. The third-order valence-corrected chi connectivity index (χ3v) is 11.0. The van der Waals surface area contributed by atoms with Crippen LogP contribution in [0.3, 0.4) is 0 Å². The van der Waals surface area contributed by atoms with Gasteiger partial charge in [-0.2, -0.15) is 5.26 Å². The van der Waals surface area contributed by atoms with Crippen LogP contribution in [0.4, 0.5) is 5.13 Å². The van der Waals surface area contributed by atoms with Crippen molar-refractivity contribution in [1.29, 1.82) is 5.26 Å². The number of nitrogens with zero attached hydrogens (tertiary/aromatic N) is 5. The molecular weight excluding hydrogens is 601 g/mol. The largest absolute Gasteiger partial charge is 0.361 e. The number of unbranched alkanes of at least 4 members (excludes halogenated alkanes) is 3. The third kappa shape index (κ3) is 9.65. The summed E-state index contributed by atoms with van der Waals surface area (Å²) in [4.78, 5) is 26.1. The first-order chi connectivity index (χ1) is 22.5. The van der Waals surface area contributed by atoms with Crippen molar-refractivity contribution in [2.24, 2.45) is 11.8 Å². The molecule has 7 nitrogen and oxygen atoms in total. The number of fused-ring (bicyclic) bond motifs is 1. The lowest BCUT2D eigenvalue weighted by atomic mass is 9.91. The zero-order chi connectivity index (χ0) is 34.7. The van der Waals surface area contributed by atoms with Crippen LogP contribution in [-0.4, -0.2) is 27.7 Å². The van der Waals surface area contributed by atoms with E-state index in [-0.39, 0.29) is 22.5 Å². The van der Waals surface area contributed by atoms with E-state index in [0.717, 1.165) is 65.5 Å². The van der Waals surface area contributed by atoms with E-state index in [1.165, 1.54) is 55.9 Å². The van der Waals surface area contributed by atoms with Gasteiger partial charge in [-0.15, -0.1) is 0 Å². The molecule has 0 bridgehead atoms. The second kappa shape index (κ2) is 18.1. The molecular formula is C39H63N6OS+. The van der Waals surface area contributed by atoms with Crippen molar-refractivity contribution >= 4 is 28.2 Å². The fourth-order valence-corrected chi connectivity index (χ4v) is 7.89. The second-order valence-electron chi connectivity index (χ2n) is 14.7. The quantitative estimate of drug-likeness (QED) is 0.128. The van der Waals surface area contributed by atoms with Crippen molar-refractivity contribution < 1.29 is 4.98 Å². The summed E-state index contributed by atoms with van der Waals surface area (Å²) in [6, 6.07) is 2.20. The molecule has 0 spiro atoms. The number of thiazole rings is 1. The van der Waals surface area contributed by atoms with Gasteiger partial charge in [0.05, 0.1) is 21.7 Å². The van der Waals surface area contributed by atoms with Crippen molar-refractivity contribution in [3.63, 3.8) is 0 Å². The van der Waals surface area contributed by atoms with Crippen LogP contribution < -0.4 is 20.7 Å². The molecule has 0 aliphatic rings. The van der Waals surface area contributed by atoms with Gasteiger partial charge >= 0.3 is 5.56 Å². The van der Waals surface area contributed by atoms with Crippen LogP contribution in [0.1, 0.15) is 173 Å². The Kier molecular flexibility index (Phi) is 14.9. The number of aromatic nitrogens is 4. The molecule has 0 amide bonds. The maximum Gasteiger partial charge on any atom is 0.361 e. The lowest BCUT2D eigenvalue weighted by Crippen LogP contribution is -2.34. The van der Waals surface area contributed by atoms with Gasteiger partial charge in [0.1, 0.15) is 11.6 Å². The first kappa shape index (κ1) is 38.7. The Morgan fingerprint density at radius 1 is 0.936 bits per heavy atom. The average Bonchev–Trinajstić information content (AvgIpc) is 3.69. The summed E-state index contributed by atoms with van der Waals surface area (Å²) in [6.07, 6.45) is 16.1. The summed E-state index contributed by atoms with van der Waals surface area (Å²) in [5, 5.41) is 16.8. The molecule has 0 radical (unpaired) electrons. The van der Waals surface area contributed by atoms with E-state index >= 15 is 0 Å². The van der Waals surface area contributed by atoms with E-state index < -0.39 is 0 Å². The minimum Gasteiger partial charge on any atom is -0.348 e. The smallest absolute Gasteiger partial charge is 0.348 e. The fourth-order valence-electron chi connectivity index (χ4n) is 6.65. The molecule has 0 fully saturated rings. The molecule has 3 aromatic heterocycles. The molecule has 3 aromatic rings. The normalized spacial score (nSPS) is 14.4. The molecule has 0 saturated carbocycles. The van der Waals surface area contributed by atoms with Crippen LogP contribution in [-0.2, 0) is 5.41 Å². The summed E-state index contributed by atoms with van der Waals surface area (Å²) >= 11 is 1.76. The van der Waals surface area contributed by atoms with Crippen LogP contribution in [0.25, 0.3) is 11.7 Å². The van der Waals surface area contributed by atoms with Gasteiger partial charge in [-0.1, -0.05) is 125 Å². The Balaban J connectivity index is 2.27. The van der Waals surface area contributed by atoms with Crippen molar-refractivity contribution in [3.05, 3.63) is 43.1 Å². The van der Waals surface area contributed by atoms with E-state index in [1.807, 2.05) is 6.92 Å². The van der Waals surface area contributed by atoms with Gasteiger partial charge in [-0.05, 0) is 60.6 Å². The van der Waals surface area contributed by atoms with Crippen LogP contribution in [0.5, 0.6) is 0 Å². The highest BCUT2D eigenvalue weighted by atomic mass is 32.1. The van der Waals surface area contributed by atoms with Gasteiger partial charge in [0.2, 0.25) is 0 Å². The number of hydrogen-bond donors (Lipinski definition) is 0. The number of hydrogen-bond acceptors (Lipinski definition) is 6. The van der Waals surface area contributed by atoms with Crippen LogP contribution in [0, 0.1) is 30.1 Å². The topological polar surface area (TPSA) is 88.4 Å². The molecule has 1 N–H and O–H groups in total. The Morgan fingerprint density at radius 3 is 2.00 bits per heavy atom. The summed E-state index contributed by atoms with van der Waals surface area (Å²) in [6.45, 7) is 24.2. The molecule has 260 valence electrons. The first-order valence-electron chi connectivity index (χ1n) is 18.6. The van der Waals surface area contributed by atoms with E-state index in [1.54, 1.807) is 11.3 Å². The van der Waals surface area contributed by atoms with Crippen molar-refractivity contribution in [2.75, 3.05) is 18.0 Å². The maximum atomic E-state index is 13.5. The van der Waals surface area contributed by atoms with Gasteiger partial charge in [-0.25, -0.2) is 14.8 Å². The Labute approximate surface area is 288 Å². The molecule has 0 aromatic carbocycles. The number of nitrogens with one attached hydrogen (secondary N) is 1. The molecule has 3 rings (SSSR count). The second-order valence-corrected chi connectivity index (χ2v) is 15.7. The van der Waals surface area contributed by atoms with E-state index in [4.69, 9.17) is 10.1 Å². The monoisotopic (exact) mass is 663 g/mol. The molecule has 3 heterocycles. The Hall–Kier alpha value is -2.79. The summed E-state index contributed by atoms with van der Waals surface area (Å²) in [5.41, 5.74) is 2.03. The van der Waals surface area contributed by atoms with Crippen molar-refractivity contribution in [1.82, 2.24) is 14.6 Å². The van der Waals surface area contributed by atoms with Crippen molar-refractivity contribution in [3.8, 4) is 6.07 Å². The molecule has 0 aliphatic carbocycles. The van der Waals surface area contributed by atoms with E-state index in [9.17, 15) is 10.1 Å². The summed E-state index contributed by atoms with van der Waals surface area (Å²) in [5.74, 6) is 2.33. The number of rotatable bonds is 19.